The predicted molar refractivity (Wildman–Crippen MR) is 92.2 cm³/mol. The van der Waals surface area contributed by atoms with Gasteiger partial charge in [-0.15, -0.1) is 0 Å². The van der Waals surface area contributed by atoms with Crippen LogP contribution in [0.3, 0.4) is 0 Å². The molecule has 2 rings (SSSR count). The van der Waals surface area contributed by atoms with E-state index >= 15 is 0 Å². The molecule has 0 aliphatic carbocycles. The first-order valence-corrected chi connectivity index (χ1v) is 8.22. The first-order chi connectivity index (χ1) is 11.7. The molecule has 0 aliphatic heterocycles. The van der Waals surface area contributed by atoms with Crippen LogP contribution in [0.15, 0.2) is 36.7 Å². The van der Waals surface area contributed by atoms with Crippen LogP contribution in [0.25, 0.3) is 0 Å². The van der Waals surface area contributed by atoms with Gasteiger partial charge in [0.05, 0.1) is 13.7 Å². The molecule has 1 N–H and O–H groups in total. The minimum absolute atomic E-state index is 0.0825. The van der Waals surface area contributed by atoms with E-state index < -0.39 is 0 Å². The summed E-state index contributed by atoms with van der Waals surface area (Å²) in [6.07, 6.45) is 5.52. The second-order valence-electron chi connectivity index (χ2n) is 5.57. The second-order valence-corrected chi connectivity index (χ2v) is 5.57. The van der Waals surface area contributed by atoms with Gasteiger partial charge in [-0.25, -0.2) is 0 Å². The maximum atomic E-state index is 12.2. The predicted octanol–water partition coefficient (Wildman–Crippen LogP) is 2.95. The molecular weight excluding hydrogens is 306 g/mol. The minimum atomic E-state index is -0.349. The fourth-order valence-electron chi connectivity index (χ4n) is 2.23. The zero-order valence-corrected chi connectivity index (χ0v) is 14.5. The smallest absolute Gasteiger partial charge is 0.244 e. The summed E-state index contributed by atoms with van der Waals surface area (Å²) < 4.78 is 12.7. The van der Waals surface area contributed by atoms with Crippen LogP contribution in [0, 0.1) is 0 Å². The lowest BCUT2D eigenvalue weighted by Crippen LogP contribution is -2.30. The van der Waals surface area contributed by atoms with Gasteiger partial charge in [-0.05, 0) is 37.1 Å². The fourth-order valence-corrected chi connectivity index (χ4v) is 2.23. The maximum absolute atomic E-state index is 12.2. The number of nitrogens with one attached hydrogen (secondary N) is 1. The minimum Gasteiger partial charge on any atom is -0.493 e. The molecule has 0 saturated heterocycles. The Morgan fingerprint density at radius 1 is 1.38 bits per heavy atom. The fraction of sp³-hybridized carbons (Fsp3) is 0.444. The highest BCUT2D eigenvalue weighted by Gasteiger charge is 2.14. The number of ether oxygens (including phenoxy) is 2. The third-order valence-corrected chi connectivity index (χ3v) is 3.75. The topological polar surface area (TPSA) is 65.4 Å². The monoisotopic (exact) mass is 331 g/mol. The molecule has 1 atom stereocenters. The molecule has 1 amide bonds. The summed E-state index contributed by atoms with van der Waals surface area (Å²) >= 11 is 0. The lowest BCUT2D eigenvalue weighted by Gasteiger charge is -2.14. The first-order valence-electron chi connectivity index (χ1n) is 8.22. The van der Waals surface area contributed by atoms with Crippen molar-refractivity contribution in [1.82, 2.24) is 15.1 Å². The summed E-state index contributed by atoms with van der Waals surface area (Å²) in [4.78, 5) is 12.2. The number of carbonyl (C=O) groups is 1. The van der Waals surface area contributed by atoms with Crippen molar-refractivity contribution >= 4 is 5.91 Å². The van der Waals surface area contributed by atoms with Gasteiger partial charge in [0.15, 0.2) is 11.5 Å². The molecule has 0 unspecified atom stereocenters. The Bertz CT molecular complexity index is 641. The van der Waals surface area contributed by atoms with E-state index in [1.54, 1.807) is 30.3 Å². The van der Waals surface area contributed by atoms with Crippen molar-refractivity contribution < 1.29 is 14.3 Å². The summed E-state index contributed by atoms with van der Waals surface area (Å²) in [7, 11) is 1.62. The quantitative estimate of drug-likeness (QED) is 0.718. The van der Waals surface area contributed by atoms with Crippen molar-refractivity contribution in [2.45, 2.75) is 39.3 Å². The Morgan fingerprint density at radius 2 is 2.21 bits per heavy atom. The number of methoxy groups -OCH3 is 1. The maximum Gasteiger partial charge on any atom is 0.244 e. The van der Waals surface area contributed by atoms with Crippen molar-refractivity contribution in [3.63, 3.8) is 0 Å². The molecule has 0 radical (unpaired) electrons. The number of benzene rings is 1. The molecule has 0 saturated carbocycles. The Balaban J connectivity index is 1.93. The van der Waals surface area contributed by atoms with E-state index in [1.165, 1.54) is 0 Å². The van der Waals surface area contributed by atoms with E-state index in [2.05, 4.69) is 17.3 Å². The molecule has 0 aliphatic rings. The van der Waals surface area contributed by atoms with Gasteiger partial charge in [0.25, 0.3) is 0 Å². The lowest BCUT2D eigenvalue weighted by atomic mass is 10.2. The molecule has 1 heterocycles. The van der Waals surface area contributed by atoms with Crippen LogP contribution in [0.2, 0.25) is 0 Å². The summed E-state index contributed by atoms with van der Waals surface area (Å²) in [6.45, 7) is 5.03. The van der Waals surface area contributed by atoms with Crippen LogP contribution < -0.4 is 14.8 Å². The molecule has 0 fully saturated rings. The largest absolute Gasteiger partial charge is 0.493 e. The normalized spacial score (nSPS) is 11.8. The van der Waals surface area contributed by atoms with E-state index in [0.29, 0.717) is 18.9 Å². The van der Waals surface area contributed by atoms with E-state index in [-0.39, 0.29) is 11.9 Å². The average molecular weight is 331 g/mol. The molecule has 2 aromatic rings. The third kappa shape index (κ3) is 4.75. The van der Waals surface area contributed by atoms with Crippen LogP contribution in [0.4, 0.5) is 0 Å². The van der Waals surface area contributed by atoms with Gasteiger partial charge < -0.3 is 14.8 Å². The number of carbonyl (C=O) groups excluding carboxylic acids is 1. The Hall–Kier alpha value is -2.50. The van der Waals surface area contributed by atoms with Crippen molar-refractivity contribution in [2.24, 2.45) is 0 Å². The number of hydrogen-bond donors (Lipinski definition) is 1. The van der Waals surface area contributed by atoms with Gasteiger partial charge in [0, 0.05) is 18.9 Å². The number of amides is 1. The van der Waals surface area contributed by atoms with Crippen molar-refractivity contribution in [3.05, 3.63) is 42.2 Å². The van der Waals surface area contributed by atoms with Gasteiger partial charge >= 0.3 is 0 Å². The Morgan fingerprint density at radius 3 is 2.88 bits per heavy atom. The van der Waals surface area contributed by atoms with E-state index in [0.717, 1.165) is 24.2 Å². The molecule has 130 valence electrons. The van der Waals surface area contributed by atoms with Gasteiger partial charge in [0.1, 0.15) is 6.04 Å². The van der Waals surface area contributed by atoms with Gasteiger partial charge in [0.2, 0.25) is 5.91 Å². The number of rotatable bonds is 9. The number of unbranched alkanes of at least 4 members (excludes halogenated alkanes) is 1. The van der Waals surface area contributed by atoms with E-state index in [9.17, 15) is 4.79 Å². The average Bonchev–Trinajstić information content (AvgIpc) is 3.14. The first kappa shape index (κ1) is 17.8. The summed E-state index contributed by atoms with van der Waals surface area (Å²) in [5.74, 6) is 1.32. The molecule has 0 spiro atoms. The molecule has 1 aromatic carbocycles. The highest BCUT2D eigenvalue weighted by Crippen LogP contribution is 2.28. The molecular formula is C18H25N3O3. The number of hydrogen-bond acceptors (Lipinski definition) is 4. The number of nitrogens with zero attached hydrogens (tertiary/aromatic N) is 2. The van der Waals surface area contributed by atoms with Gasteiger partial charge in [-0.1, -0.05) is 19.4 Å². The lowest BCUT2D eigenvalue weighted by molar-refractivity contribution is -0.124. The molecule has 6 heteroatoms. The van der Waals surface area contributed by atoms with Gasteiger partial charge in [-0.2, -0.15) is 5.10 Å². The van der Waals surface area contributed by atoms with Crippen LogP contribution >= 0.6 is 0 Å². The zero-order valence-electron chi connectivity index (χ0n) is 14.5. The zero-order chi connectivity index (χ0) is 17.4. The second kappa shape index (κ2) is 8.96. The van der Waals surface area contributed by atoms with Crippen molar-refractivity contribution in [2.75, 3.05) is 13.7 Å². The van der Waals surface area contributed by atoms with E-state index in [1.807, 2.05) is 25.1 Å². The Labute approximate surface area is 142 Å². The van der Waals surface area contributed by atoms with Crippen molar-refractivity contribution in [3.8, 4) is 11.5 Å². The molecule has 6 nitrogen and oxygen atoms in total. The SMILES string of the molecule is CCCCOc1ccc(CNC(=O)[C@@H](C)n2cccn2)cc1OC. The molecule has 0 bridgehead atoms. The molecule has 1 aromatic heterocycles. The van der Waals surface area contributed by atoms with Crippen LogP contribution in [0.5, 0.6) is 11.5 Å². The summed E-state index contributed by atoms with van der Waals surface area (Å²) in [6, 6.07) is 7.15. The van der Waals surface area contributed by atoms with Crippen molar-refractivity contribution in [1.29, 1.82) is 0 Å². The van der Waals surface area contributed by atoms with Crippen LogP contribution in [0.1, 0.15) is 38.3 Å². The molecule has 24 heavy (non-hydrogen) atoms. The van der Waals surface area contributed by atoms with Gasteiger partial charge in [-0.3, -0.25) is 9.48 Å². The standard InChI is InChI=1S/C18H25N3O3/c1-4-5-11-24-16-8-7-15(12-17(16)23-3)13-19-18(22)14(2)21-10-6-9-20-21/h6-10,12,14H,4-5,11,13H2,1-3H3,(H,19,22)/t14-/m1/s1. The number of aromatic nitrogens is 2. The third-order valence-electron chi connectivity index (χ3n) is 3.75. The van der Waals surface area contributed by atoms with Crippen LogP contribution in [-0.4, -0.2) is 29.4 Å². The summed E-state index contributed by atoms with van der Waals surface area (Å²) in [5.41, 5.74) is 0.954. The van der Waals surface area contributed by atoms with E-state index in [4.69, 9.17) is 9.47 Å². The highest BCUT2D eigenvalue weighted by molar-refractivity contribution is 5.79. The van der Waals surface area contributed by atoms with Crippen LogP contribution in [-0.2, 0) is 11.3 Å². The highest BCUT2D eigenvalue weighted by atomic mass is 16.5. The Kier molecular flexibility index (Phi) is 6.66. The summed E-state index contributed by atoms with van der Waals surface area (Å²) in [5, 5.41) is 7.00.